The van der Waals surface area contributed by atoms with Crippen LogP contribution in [0.15, 0.2) is 16.7 Å². The summed E-state index contributed by atoms with van der Waals surface area (Å²) in [6, 6.07) is 1.71. The van der Waals surface area contributed by atoms with Crippen molar-refractivity contribution in [2.45, 2.75) is 51.7 Å². The molecule has 2 N–H and O–H groups in total. The standard InChI is InChI=1S/C14H20BrN3O2/c1-8(2)18-7-10(15)6-12(18)14(20)16-9(3)13(19)17-11-4-5-11/h6-9,11H,4-5H2,1-3H3,(H,16,20)(H,17,19). The van der Waals surface area contributed by atoms with Crippen LogP contribution >= 0.6 is 15.9 Å². The largest absolute Gasteiger partial charge is 0.352 e. The van der Waals surface area contributed by atoms with Crippen LogP contribution in [0.4, 0.5) is 0 Å². The Kier molecular flexibility index (Phi) is 4.52. The second-order valence-electron chi connectivity index (χ2n) is 5.52. The molecule has 0 spiro atoms. The van der Waals surface area contributed by atoms with Crippen LogP contribution in [-0.2, 0) is 4.79 Å². The number of amides is 2. The minimum absolute atomic E-state index is 0.123. The van der Waals surface area contributed by atoms with Gasteiger partial charge in [-0.15, -0.1) is 0 Å². The van der Waals surface area contributed by atoms with Gasteiger partial charge in [0.15, 0.2) is 0 Å². The molecule has 1 atom stereocenters. The molecule has 1 aromatic rings. The topological polar surface area (TPSA) is 63.1 Å². The molecule has 2 amide bonds. The Hall–Kier alpha value is -1.30. The Morgan fingerprint density at radius 3 is 2.55 bits per heavy atom. The molecule has 2 rings (SSSR count). The molecular weight excluding hydrogens is 322 g/mol. The Morgan fingerprint density at radius 1 is 1.35 bits per heavy atom. The van der Waals surface area contributed by atoms with E-state index in [1.165, 1.54) is 0 Å². The highest BCUT2D eigenvalue weighted by Crippen LogP contribution is 2.20. The van der Waals surface area contributed by atoms with Gasteiger partial charge >= 0.3 is 0 Å². The summed E-state index contributed by atoms with van der Waals surface area (Å²) in [5.41, 5.74) is 0.554. The maximum Gasteiger partial charge on any atom is 0.268 e. The molecule has 1 fully saturated rings. The lowest BCUT2D eigenvalue weighted by Crippen LogP contribution is -2.45. The van der Waals surface area contributed by atoms with Crippen LogP contribution in [0, 0.1) is 0 Å². The molecule has 6 heteroatoms. The average molecular weight is 342 g/mol. The van der Waals surface area contributed by atoms with Gasteiger partial charge in [-0.3, -0.25) is 9.59 Å². The fraction of sp³-hybridized carbons (Fsp3) is 0.571. The molecule has 0 aromatic carbocycles. The van der Waals surface area contributed by atoms with E-state index in [0.717, 1.165) is 17.3 Å². The van der Waals surface area contributed by atoms with Crippen LogP contribution in [0.3, 0.4) is 0 Å². The summed E-state index contributed by atoms with van der Waals surface area (Å²) in [6.07, 6.45) is 3.94. The summed E-state index contributed by atoms with van der Waals surface area (Å²) in [4.78, 5) is 24.1. The first-order valence-corrected chi connectivity index (χ1v) is 7.66. The predicted molar refractivity (Wildman–Crippen MR) is 80.6 cm³/mol. The molecule has 1 unspecified atom stereocenters. The molecule has 0 aliphatic heterocycles. The number of carbonyl (C=O) groups is 2. The summed E-state index contributed by atoms with van der Waals surface area (Å²) in [5.74, 6) is -0.356. The number of nitrogens with one attached hydrogen (secondary N) is 2. The van der Waals surface area contributed by atoms with E-state index in [1.807, 2.05) is 24.6 Å². The Labute approximate surface area is 127 Å². The van der Waals surface area contributed by atoms with Crippen LogP contribution in [0.25, 0.3) is 0 Å². The molecule has 0 saturated heterocycles. The summed E-state index contributed by atoms with van der Waals surface area (Å²) < 4.78 is 2.73. The Bertz CT molecular complexity index is 520. The van der Waals surface area contributed by atoms with E-state index in [2.05, 4.69) is 26.6 Å². The number of carbonyl (C=O) groups excluding carboxylic acids is 2. The van der Waals surface area contributed by atoms with Crippen molar-refractivity contribution < 1.29 is 9.59 Å². The van der Waals surface area contributed by atoms with Crippen molar-refractivity contribution in [1.82, 2.24) is 15.2 Å². The minimum Gasteiger partial charge on any atom is -0.352 e. The predicted octanol–water partition coefficient (Wildman–Crippen LogP) is 2.23. The highest BCUT2D eigenvalue weighted by Gasteiger charge is 2.27. The zero-order chi connectivity index (χ0) is 14.9. The van der Waals surface area contributed by atoms with Crippen LogP contribution in [0.1, 0.15) is 50.1 Å². The minimum atomic E-state index is -0.530. The number of aromatic nitrogens is 1. The fourth-order valence-electron chi connectivity index (χ4n) is 1.94. The first-order valence-electron chi connectivity index (χ1n) is 6.87. The van der Waals surface area contributed by atoms with Gasteiger partial charge < -0.3 is 15.2 Å². The molecule has 5 nitrogen and oxygen atoms in total. The van der Waals surface area contributed by atoms with Crippen LogP contribution in [-0.4, -0.2) is 28.5 Å². The van der Waals surface area contributed by atoms with E-state index in [0.29, 0.717) is 11.7 Å². The van der Waals surface area contributed by atoms with Crippen molar-refractivity contribution in [1.29, 1.82) is 0 Å². The molecule has 1 aliphatic carbocycles. The zero-order valence-electron chi connectivity index (χ0n) is 11.9. The van der Waals surface area contributed by atoms with Crippen molar-refractivity contribution in [3.8, 4) is 0 Å². The smallest absolute Gasteiger partial charge is 0.268 e. The van der Waals surface area contributed by atoms with Gasteiger partial charge in [-0.25, -0.2) is 0 Å². The van der Waals surface area contributed by atoms with Gasteiger partial charge in [0.2, 0.25) is 5.91 Å². The third kappa shape index (κ3) is 3.62. The average Bonchev–Trinajstić information content (AvgIpc) is 3.08. The van der Waals surface area contributed by atoms with Gasteiger partial charge in [-0.1, -0.05) is 0 Å². The van der Waals surface area contributed by atoms with Gasteiger partial charge in [0.05, 0.1) is 0 Å². The zero-order valence-corrected chi connectivity index (χ0v) is 13.5. The van der Waals surface area contributed by atoms with E-state index < -0.39 is 6.04 Å². The van der Waals surface area contributed by atoms with Crippen LogP contribution in [0.2, 0.25) is 0 Å². The lowest BCUT2D eigenvalue weighted by molar-refractivity contribution is -0.122. The summed E-state index contributed by atoms with van der Waals surface area (Å²) in [7, 11) is 0. The van der Waals surface area contributed by atoms with Crippen LogP contribution < -0.4 is 10.6 Å². The van der Waals surface area contributed by atoms with Crippen molar-refractivity contribution >= 4 is 27.7 Å². The van der Waals surface area contributed by atoms with E-state index in [4.69, 9.17) is 0 Å². The van der Waals surface area contributed by atoms with Crippen molar-refractivity contribution in [2.75, 3.05) is 0 Å². The number of rotatable bonds is 5. The second kappa shape index (κ2) is 5.99. The number of nitrogens with zero attached hydrogens (tertiary/aromatic N) is 1. The first kappa shape index (κ1) is 15.1. The molecule has 20 heavy (non-hydrogen) atoms. The summed E-state index contributed by atoms with van der Waals surface area (Å²) in [5, 5.41) is 5.63. The second-order valence-corrected chi connectivity index (χ2v) is 6.44. The lowest BCUT2D eigenvalue weighted by Gasteiger charge is -2.16. The summed E-state index contributed by atoms with van der Waals surface area (Å²) in [6.45, 7) is 5.71. The molecular formula is C14H20BrN3O2. The van der Waals surface area contributed by atoms with E-state index in [-0.39, 0.29) is 17.9 Å². The van der Waals surface area contributed by atoms with Gasteiger partial charge in [0, 0.05) is 22.8 Å². The van der Waals surface area contributed by atoms with Crippen molar-refractivity contribution in [2.24, 2.45) is 0 Å². The number of hydrogen-bond acceptors (Lipinski definition) is 2. The number of hydrogen-bond donors (Lipinski definition) is 2. The van der Waals surface area contributed by atoms with Gasteiger partial charge in [-0.05, 0) is 55.6 Å². The van der Waals surface area contributed by atoms with Crippen molar-refractivity contribution in [3.63, 3.8) is 0 Å². The molecule has 0 radical (unpaired) electrons. The Morgan fingerprint density at radius 2 is 2.00 bits per heavy atom. The highest BCUT2D eigenvalue weighted by molar-refractivity contribution is 9.10. The Balaban J connectivity index is 2.01. The monoisotopic (exact) mass is 341 g/mol. The molecule has 110 valence electrons. The number of halogens is 1. The van der Waals surface area contributed by atoms with Gasteiger partial charge in [0.1, 0.15) is 11.7 Å². The lowest BCUT2D eigenvalue weighted by atomic mass is 10.2. The fourth-order valence-corrected chi connectivity index (χ4v) is 2.38. The molecule has 1 aliphatic rings. The SMILES string of the molecule is CC(NC(=O)c1cc(Br)cn1C(C)C)C(=O)NC1CC1. The third-order valence-corrected chi connectivity index (χ3v) is 3.70. The van der Waals surface area contributed by atoms with E-state index in [1.54, 1.807) is 13.0 Å². The first-order chi connectivity index (χ1) is 9.38. The normalized spacial score (nSPS) is 16.1. The highest BCUT2D eigenvalue weighted by atomic mass is 79.9. The molecule has 1 saturated carbocycles. The maximum atomic E-state index is 12.3. The van der Waals surface area contributed by atoms with Crippen LogP contribution in [0.5, 0.6) is 0 Å². The maximum absolute atomic E-state index is 12.3. The molecule has 0 bridgehead atoms. The van der Waals surface area contributed by atoms with E-state index >= 15 is 0 Å². The molecule has 1 heterocycles. The van der Waals surface area contributed by atoms with E-state index in [9.17, 15) is 9.59 Å². The third-order valence-electron chi connectivity index (χ3n) is 3.27. The molecule has 1 aromatic heterocycles. The summed E-state index contributed by atoms with van der Waals surface area (Å²) >= 11 is 3.38. The quantitative estimate of drug-likeness (QED) is 0.862. The van der Waals surface area contributed by atoms with Gasteiger partial charge in [0.25, 0.3) is 5.91 Å². The van der Waals surface area contributed by atoms with Gasteiger partial charge in [-0.2, -0.15) is 0 Å². The van der Waals surface area contributed by atoms with Crippen molar-refractivity contribution in [3.05, 3.63) is 22.4 Å².